The van der Waals surface area contributed by atoms with Gasteiger partial charge in [-0.15, -0.1) is 0 Å². The van der Waals surface area contributed by atoms with Gasteiger partial charge in [-0.05, 0) is 30.0 Å². The molecule has 104 valence electrons. The zero-order valence-corrected chi connectivity index (χ0v) is 11.8. The maximum Gasteiger partial charge on any atom is 0.233 e. The fourth-order valence-corrected chi connectivity index (χ4v) is 3.03. The van der Waals surface area contributed by atoms with Crippen LogP contribution in [0.15, 0.2) is 29.4 Å². The third-order valence-corrected chi connectivity index (χ3v) is 4.07. The molecule has 1 aliphatic heterocycles. The molecular formula is C14H14FN3OS. The van der Waals surface area contributed by atoms with E-state index in [1.54, 1.807) is 17.2 Å². The summed E-state index contributed by atoms with van der Waals surface area (Å²) < 4.78 is 13.1. The number of carbonyl (C=O) groups is 1. The number of hydrogen-bond acceptors (Lipinski definition) is 3. The van der Waals surface area contributed by atoms with Crippen LogP contribution in [0.4, 0.5) is 4.39 Å². The molecule has 0 unspecified atom stereocenters. The van der Waals surface area contributed by atoms with E-state index < -0.39 is 0 Å². The number of aliphatic imine (C=N–C) groups is 1. The molecule has 0 fully saturated rings. The first kappa shape index (κ1) is 13.2. The van der Waals surface area contributed by atoms with Crippen LogP contribution in [-0.4, -0.2) is 40.3 Å². The molecular weight excluding hydrogens is 277 g/mol. The number of hydrogen-bond donors (Lipinski definition) is 1. The highest BCUT2D eigenvalue weighted by Gasteiger charge is 2.23. The first-order chi connectivity index (χ1) is 9.69. The van der Waals surface area contributed by atoms with Crippen molar-refractivity contribution in [2.45, 2.75) is 6.42 Å². The number of fused-ring (bicyclic) bond motifs is 1. The SMILES string of the molecule is CSC1=NCCN1C(=O)Cc1c[nH]c2cc(F)ccc12. The van der Waals surface area contributed by atoms with Gasteiger partial charge in [0.05, 0.1) is 13.0 Å². The van der Waals surface area contributed by atoms with Crippen LogP contribution in [0.25, 0.3) is 10.9 Å². The number of H-pyrrole nitrogens is 1. The average Bonchev–Trinajstić information content (AvgIpc) is 3.05. The molecule has 0 saturated heterocycles. The lowest BCUT2D eigenvalue weighted by molar-refractivity contribution is -0.126. The Morgan fingerprint density at radius 3 is 3.20 bits per heavy atom. The Balaban J connectivity index is 1.83. The minimum atomic E-state index is -0.284. The summed E-state index contributed by atoms with van der Waals surface area (Å²) >= 11 is 1.48. The molecule has 1 amide bonds. The number of amidine groups is 1. The first-order valence-corrected chi connectivity index (χ1v) is 7.56. The van der Waals surface area contributed by atoms with E-state index >= 15 is 0 Å². The Labute approximate surface area is 120 Å². The molecule has 0 atom stereocenters. The van der Waals surface area contributed by atoms with Crippen molar-refractivity contribution in [3.63, 3.8) is 0 Å². The van der Waals surface area contributed by atoms with Crippen LogP contribution in [0.1, 0.15) is 5.56 Å². The highest BCUT2D eigenvalue weighted by atomic mass is 32.2. The number of carbonyl (C=O) groups excluding carboxylic acids is 1. The Bertz CT molecular complexity index is 695. The smallest absolute Gasteiger partial charge is 0.233 e. The summed E-state index contributed by atoms with van der Waals surface area (Å²) in [6, 6.07) is 4.56. The van der Waals surface area contributed by atoms with Crippen LogP contribution < -0.4 is 0 Å². The zero-order valence-electron chi connectivity index (χ0n) is 11.0. The van der Waals surface area contributed by atoms with Gasteiger partial charge in [-0.3, -0.25) is 14.7 Å². The van der Waals surface area contributed by atoms with Crippen LogP contribution >= 0.6 is 11.8 Å². The van der Waals surface area contributed by atoms with Gasteiger partial charge in [0.15, 0.2) is 5.17 Å². The van der Waals surface area contributed by atoms with Crippen molar-refractivity contribution < 1.29 is 9.18 Å². The molecule has 1 aromatic carbocycles. The van der Waals surface area contributed by atoms with Gasteiger partial charge in [0.2, 0.25) is 5.91 Å². The molecule has 1 aliphatic rings. The normalized spacial score (nSPS) is 14.9. The van der Waals surface area contributed by atoms with Crippen molar-refractivity contribution in [2.24, 2.45) is 4.99 Å². The summed E-state index contributed by atoms with van der Waals surface area (Å²) in [5.74, 6) is -0.255. The standard InChI is InChI=1S/C14H14FN3OS/c1-20-14-16-4-5-18(14)13(19)6-9-8-17-12-7-10(15)2-3-11(9)12/h2-3,7-8,17H,4-6H2,1H3. The molecule has 2 aromatic rings. The van der Waals surface area contributed by atoms with E-state index in [4.69, 9.17) is 0 Å². The highest BCUT2D eigenvalue weighted by Crippen LogP contribution is 2.21. The summed E-state index contributed by atoms with van der Waals surface area (Å²) in [4.78, 5) is 21.3. The number of aromatic amines is 1. The lowest BCUT2D eigenvalue weighted by Gasteiger charge is -2.16. The number of nitrogens with zero attached hydrogens (tertiary/aromatic N) is 2. The molecule has 0 spiro atoms. The first-order valence-electron chi connectivity index (χ1n) is 6.33. The van der Waals surface area contributed by atoms with Crippen molar-refractivity contribution in [3.05, 3.63) is 35.8 Å². The summed E-state index contributed by atoms with van der Waals surface area (Å²) in [6.07, 6.45) is 3.98. The summed E-state index contributed by atoms with van der Waals surface area (Å²) in [6.45, 7) is 1.31. The van der Waals surface area contributed by atoms with Crippen molar-refractivity contribution in [1.29, 1.82) is 0 Å². The number of rotatable bonds is 2. The van der Waals surface area contributed by atoms with E-state index in [1.807, 2.05) is 6.26 Å². The molecule has 3 rings (SSSR count). The Morgan fingerprint density at radius 2 is 2.40 bits per heavy atom. The second-order valence-corrected chi connectivity index (χ2v) is 5.37. The quantitative estimate of drug-likeness (QED) is 0.923. The summed E-state index contributed by atoms with van der Waals surface area (Å²) in [7, 11) is 0. The van der Waals surface area contributed by atoms with E-state index in [9.17, 15) is 9.18 Å². The van der Waals surface area contributed by atoms with Crippen LogP contribution in [0.3, 0.4) is 0 Å². The lowest BCUT2D eigenvalue weighted by Crippen LogP contribution is -2.33. The van der Waals surface area contributed by atoms with Crippen molar-refractivity contribution in [1.82, 2.24) is 9.88 Å². The van der Waals surface area contributed by atoms with Crippen molar-refractivity contribution in [3.8, 4) is 0 Å². The largest absolute Gasteiger partial charge is 0.361 e. The molecule has 0 bridgehead atoms. The van der Waals surface area contributed by atoms with Crippen LogP contribution in [0, 0.1) is 5.82 Å². The molecule has 6 heteroatoms. The topological polar surface area (TPSA) is 48.5 Å². The number of thioether (sulfide) groups is 1. The van der Waals surface area contributed by atoms with E-state index in [1.165, 1.54) is 23.9 Å². The Morgan fingerprint density at radius 1 is 1.55 bits per heavy atom. The molecule has 0 saturated carbocycles. The fourth-order valence-electron chi connectivity index (χ4n) is 2.40. The van der Waals surface area contributed by atoms with Gasteiger partial charge in [0, 0.05) is 23.6 Å². The molecule has 2 heterocycles. The summed E-state index contributed by atoms with van der Waals surface area (Å²) in [5, 5.41) is 1.67. The number of benzene rings is 1. The average molecular weight is 291 g/mol. The monoisotopic (exact) mass is 291 g/mol. The van der Waals surface area contributed by atoms with Crippen LogP contribution in [-0.2, 0) is 11.2 Å². The van der Waals surface area contributed by atoms with E-state index in [-0.39, 0.29) is 11.7 Å². The number of nitrogens with one attached hydrogen (secondary N) is 1. The second kappa shape index (κ2) is 5.28. The lowest BCUT2D eigenvalue weighted by atomic mass is 10.1. The van der Waals surface area contributed by atoms with Gasteiger partial charge in [0.25, 0.3) is 0 Å². The van der Waals surface area contributed by atoms with Gasteiger partial charge in [0.1, 0.15) is 5.82 Å². The fraction of sp³-hybridized carbons (Fsp3) is 0.286. The van der Waals surface area contributed by atoms with Gasteiger partial charge in [-0.2, -0.15) is 0 Å². The van der Waals surface area contributed by atoms with Crippen molar-refractivity contribution >= 4 is 33.7 Å². The molecule has 0 aliphatic carbocycles. The number of amides is 1. The number of aromatic nitrogens is 1. The predicted molar refractivity (Wildman–Crippen MR) is 79.5 cm³/mol. The van der Waals surface area contributed by atoms with E-state index in [2.05, 4.69) is 9.98 Å². The highest BCUT2D eigenvalue weighted by molar-refractivity contribution is 8.13. The third kappa shape index (κ3) is 2.31. The van der Waals surface area contributed by atoms with Crippen molar-refractivity contribution in [2.75, 3.05) is 19.3 Å². The molecule has 0 radical (unpaired) electrons. The summed E-state index contributed by atoms with van der Waals surface area (Å²) in [5.41, 5.74) is 1.60. The van der Waals surface area contributed by atoms with Gasteiger partial charge in [-0.1, -0.05) is 11.8 Å². The third-order valence-electron chi connectivity index (χ3n) is 3.36. The molecule has 4 nitrogen and oxygen atoms in total. The van der Waals surface area contributed by atoms with E-state index in [0.29, 0.717) is 25.0 Å². The molecule has 1 aromatic heterocycles. The number of halogens is 1. The Hall–Kier alpha value is -1.82. The van der Waals surface area contributed by atoms with E-state index in [0.717, 1.165) is 16.1 Å². The van der Waals surface area contributed by atoms with Crippen LogP contribution in [0.2, 0.25) is 0 Å². The molecule has 1 N–H and O–H groups in total. The zero-order chi connectivity index (χ0) is 14.1. The maximum atomic E-state index is 13.1. The minimum absolute atomic E-state index is 0.0285. The van der Waals surface area contributed by atoms with Gasteiger partial charge >= 0.3 is 0 Å². The van der Waals surface area contributed by atoms with Gasteiger partial charge in [-0.25, -0.2) is 4.39 Å². The Kier molecular flexibility index (Phi) is 3.48. The second-order valence-electron chi connectivity index (χ2n) is 4.59. The molecule has 20 heavy (non-hydrogen) atoms. The minimum Gasteiger partial charge on any atom is -0.361 e. The van der Waals surface area contributed by atoms with Gasteiger partial charge < -0.3 is 4.98 Å². The maximum absolute atomic E-state index is 13.1. The predicted octanol–water partition coefficient (Wildman–Crippen LogP) is 2.41. The van der Waals surface area contributed by atoms with Crippen LogP contribution in [0.5, 0.6) is 0 Å².